The molecular weight excluding hydrogens is 266 g/mol. The number of ether oxygens (including phenoxy) is 1. The average Bonchev–Trinajstić information content (AvgIpc) is 2.95. The van der Waals surface area contributed by atoms with Gasteiger partial charge in [0.25, 0.3) is 0 Å². The molecule has 0 aliphatic rings. The normalized spacial score (nSPS) is 11.1. The number of imidazole rings is 1. The molecule has 0 unspecified atom stereocenters. The Kier molecular flexibility index (Phi) is 2.75. The number of methoxy groups -OCH3 is 1. The Morgan fingerprint density at radius 2 is 2.26 bits per heavy atom. The van der Waals surface area contributed by atoms with Crippen molar-refractivity contribution in [3.05, 3.63) is 23.3 Å². The highest BCUT2D eigenvalue weighted by molar-refractivity contribution is 7.71. The highest BCUT2D eigenvalue weighted by atomic mass is 32.1. The van der Waals surface area contributed by atoms with Crippen molar-refractivity contribution in [1.29, 1.82) is 0 Å². The van der Waals surface area contributed by atoms with Crippen LogP contribution in [-0.2, 0) is 13.6 Å². The van der Waals surface area contributed by atoms with E-state index in [2.05, 4.69) is 25.1 Å². The Hall–Kier alpha value is -2.29. The van der Waals surface area contributed by atoms with Crippen LogP contribution >= 0.6 is 12.2 Å². The molecule has 3 rings (SSSR count). The lowest BCUT2D eigenvalue weighted by Crippen LogP contribution is -2.06. The van der Waals surface area contributed by atoms with Gasteiger partial charge in [0.2, 0.25) is 5.88 Å². The molecule has 3 aromatic heterocycles. The van der Waals surface area contributed by atoms with E-state index in [1.165, 1.54) is 6.33 Å². The Balaban J connectivity index is 2.16. The van der Waals surface area contributed by atoms with Gasteiger partial charge in [0.1, 0.15) is 18.2 Å². The fourth-order valence-electron chi connectivity index (χ4n) is 1.84. The summed E-state index contributed by atoms with van der Waals surface area (Å²) in [6.45, 7) is 0.482. The number of rotatable bonds is 3. The fourth-order valence-corrected chi connectivity index (χ4v) is 2.09. The van der Waals surface area contributed by atoms with Crippen molar-refractivity contribution < 1.29 is 4.74 Å². The summed E-state index contributed by atoms with van der Waals surface area (Å²) >= 11 is 5.30. The van der Waals surface area contributed by atoms with Crippen molar-refractivity contribution >= 4 is 23.4 Å². The number of fused-ring (bicyclic) bond motifs is 1. The maximum atomic E-state index is 5.30. The minimum atomic E-state index is 0.466. The molecule has 0 aliphatic heterocycles. The standard InChI is InChI=1S/C10H11N7OS/c1-16-5-13-15-6(16)3-17-8-7(14-10(17)19)9(18-2)12-4-11-8/h4-5H,3H2,1-2H3,(H,14,19). The number of hydrogen-bond acceptors (Lipinski definition) is 6. The van der Waals surface area contributed by atoms with Crippen LogP contribution in [0.25, 0.3) is 11.2 Å². The van der Waals surface area contributed by atoms with Gasteiger partial charge >= 0.3 is 0 Å². The average molecular weight is 277 g/mol. The first kappa shape index (κ1) is 11.8. The van der Waals surface area contributed by atoms with E-state index in [1.54, 1.807) is 13.4 Å². The van der Waals surface area contributed by atoms with Crippen LogP contribution in [0.5, 0.6) is 5.88 Å². The van der Waals surface area contributed by atoms with Crippen LogP contribution in [0.1, 0.15) is 5.82 Å². The highest BCUT2D eigenvalue weighted by Crippen LogP contribution is 2.20. The van der Waals surface area contributed by atoms with Crippen molar-refractivity contribution in [3.8, 4) is 5.88 Å². The minimum absolute atomic E-state index is 0.466. The lowest BCUT2D eigenvalue weighted by molar-refractivity contribution is 0.401. The number of hydrogen-bond donors (Lipinski definition) is 1. The molecule has 0 amide bonds. The van der Waals surface area contributed by atoms with Gasteiger partial charge in [-0.1, -0.05) is 0 Å². The summed E-state index contributed by atoms with van der Waals surface area (Å²) in [6, 6.07) is 0. The van der Waals surface area contributed by atoms with Crippen molar-refractivity contribution in [2.45, 2.75) is 6.54 Å². The van der Waals surface area contributed by atoms with Gasteiger partial charge in [-0.2, -0.15) is 4.98 Å². The lowest BCUT2D eigenvalue weighted by Gasteiger charge is -2.03. The van der Waals surface area contributed by atoms with Gasteiger partial charge in [-0.25, -0.2) is 4.98 Å². The van der Waals surface area contributed by atoms with Gasteiger partial charge in [0.15, 0.2) is 16.2 Å². The molecule has 19 heavy (non-hydrogen) atoms. The lowest BCUT2D eigenvalue weighted by atomic mass is 10.5. The van der Waals surface area contributed by atoms with E-state index < -0.39 is 0 Å². The van der Waals surface area contributed by atoms with E-state index in [0.29, 0.717) is 28.4 Å². The molecule has 0 fully saturated rings. The molecule has 3 heterocycles. The maximum Gasteiger partial charge on any atom is 0.242 e. The number of aryl methyl sites for hydroxylation is 1. The summed E-state index contributed by atoms with van der Waals surface area (Å²) in [5, 5.41) is 7.88. The van der Waals surface area contributed by atoms with Gasteiger partial charge in [0, 0.05) is 7.05 Å². The minimum Gasteiger partial charge on any atom is -0.479 e. The molecule has 0 radical (unpaired) electrons. The predicted molar refractivity (Wildman–Crippen MR) is 69.4 cm³/mol. The van der Waals surface area contributed by atoms with Crippen LogP contribution in [0.15, 0.2) is 12.7 Å². The second-order valence-electron chi connectivity index (χ2n) is 3.96. The summed E-state index contributed by atoms with van der Waals surface area (Å²) in [5.41, 5.74) is 1.36. The smallest absolute Gasteiger partial charge is 0.242 e. The van der Waals surface area contributed by atoms with Crippen LogP contribution < -0.4 is 4.74 Å². The number of nitrogens with one attached hydrogen (secondary N) is 1. The summed E-state index contributed by atoms with van der Waals surface area (Å²) in [6.07, 6.45) is 3.08. The number of H-pyrrole nitrogens is 1. The summed E-state index contributed by atoms with van der Waals surface area (Å²) in [7, 11) is 3.43. The predicted octanol–water partition coefficient (Wildman–Crippen LogP) is 0.674. The van der Waals surface area contributed by atoms with E-state index in [0.717, 1.165) is 5.82 Å². The molecule has 0 bridgehead atoms. The zero-order chi connectivity index (χ0) is 13.4. The van der Waals surface area contributed by atoms with E-state index in [4.69, 9.17) is 17.0 Å². The molecule has 0 saturated heterocycles. The first-order valence-corrected chi connectivity index (χ1v) is 5.92. The van der Waals surface area contributed by atoms with Gasteiger partial charge < -0.3 is 14.3 Å². The molecule has 0 aromatic carbocycles. The molecule has 0 aliphatic carbocycles. The molecule has 1 N–H and O–H groups in total. The third-order valence-electron chi connectivity index (χ3n) is 2.82. The van der Waals surface area contributed by atoms with E-state index in [-0.39, 0.29) is 0 Å². The van der Waals surface area contributed by atoms with E-state index >= 15 is 0 Å². The summed E-state index contributed by atoms with van der Waals surface area (Å²) < 4.78 is 9.38. The fraction of sp³-hybridized carbons (Fsp3) is 0.300. The maximum absolute atomic E-state index is 5.30. The molecule has 98 valence electrons. The van der Waals surface area contributed by atoms with Crippen LogP contribution in [0.3, 0.4) is 0 Å². The Morgan fingerprint density at radius 3 is 2.95 bits per heavy atom. The van der Waals surface area contributed by atoms with Gasteiger partial charge in [0.05, 0.1) is 13.7 Å². The third kappa shape index (κ3) is 1.87. The Bertz CT molecular complexity index is 787. The molecular formula is C10H11N7OS. The van der Waals surface area contributed by atoms with Crippen LogP contribution in [0.4, 0.5) is 0 Å². The third-order valence-corrected chi connectivity index (χ3v) is 3.15. The first-order valence-electron chi connectivity index (χ1n) is 5.51. The molecule has 0 saturated carbocycles. The largest absolute Gasteiger partial charge is 0.479 e. The zero-order valence-corrected chi connectivity index (χ0v) is 11.2. The van der Waals surface area contributed by atoms with Crippen LogP contribution in [0, 0.1) is 4.77 Å². The van der Waals surface area contributed by atoms with E-state index in [9.17, 15) is 0 Å². The number of aromatic nitrogens is 7. The molecule has 3 aromatic rings. The van der Waals surface area contributed by atoms with Gasteiger partial charge in [-0.05, 0) is 12.2 Å². The number of aromatic amines is 1. The highest BCUT2D eigenvalue weighted by Gasteiger charge is 2.13. The van der Waals surface area contributed by atoms with Crippen molar-refractivity contribution in [2.75, 3.05) is 7.11 Å². The summed E-state index contributed by atoms with van der Waals surface area (Å²) in [5.74, 6) is 1.25. The van der Waals surface area contributed by atoms with Gasteiger partial charge in [-0.3, -0.25) is 4.57 Å². The van der Waals surface area contributed by atoms with Crippen molar-refractivity contribution in [3.63, 3.8) is 0 Å². The topological polar surface area (TPSA) is 86.4 Å². The Morgan fingerprint density at radius 1 is 1.42 bits per heavy atom. The SMILES string of the molecule is COc1ncnc2c1[nH]c(=S)n2Cc1nncn1C. The molecule has 9 heteroatoms. The van der Waals surface area contributed by atoms with Crippen LogP contribution in [-0.4, -0.2) is 41.4 Å². The second kappa shape index (κ2) is 4.43. The monoisotopic (exact) mass is 277 g/mol. The molecule has 8 nitrogen and oxygen atoms in total. The van der Waals surface area contributed by atoms with Crippen molar-refractivity contribution in [1.82, 2.24) is 34.3 Å². The van der Waals surface area contributed by atoms with Crippen LogP contribution in [0.2, 0.25) is 0 Å². The van der Waals surface area contributed by atoms with Crippen molar-refractivity contribution in [2.24, 2.45) is 7.05 Å². The Labute approximate surface area is 113 Å². The number of nitrogens with zero attached hydrogens (tertiary/aromatic N) is 6. The molecule has 0 atom stereocenters. The molecule has 0 spiro atoms. The summed E-state index contributed by atoms with van der Waals surface area (Å²) in [4.78, 5) is 11.3. The second-order valence-corrected chi connectivity index (χ2v) is 4.34. The zero-order valence-electron chi connectivity index (χ0n) is 10.4. The quantitative estimate of drug-likeness (QED) is 0.708. The first-order chi connectivity index (χ1) is 9.20. The van der Waals surface area contributed by atoms with Gasteiger partial charge in [-0.15, -0.1) is 10.2 Å². The van der Waals surface area contributed by atoms with E-state index in [1.807, 2.05) is 16.2 Å².